The number of likely N-dealkylation sites (tertiary alicyclic amines) is 1. The first-order valence-corrected chi connectivity index (χ1v) is 9.13. The normalized spacial score (nSPS) is 17.3. The highest BCUT2D eigenvalue weighted by Gasteiger charge is 2.29. The van der Waals surface area contributed by atoms with Gasteiger partial charge in [0.1, 0.15) is 17.2 Å². The molecule has 0 saturated carbocycles. The number of rotatable bonds is 3. The number of hydrogen-bond donors (Lipinski definition) is 0. The summed E-state index contributed by atoms with van der Waals surface area (Å²) in [5.41, 5.74) is 3.21. The second-order valence-corrected chi connectivity index (χ2v) is 7.00. The average molecular weight is 365 g/mol. The van der Waals surface area contributed by atoms with Crippen LogP contribution in [0.1, 0.15) is 40.8 Å². The maximum atomic E-state index is 12.8. The molecule has 4 heterocycles. The second-order valence-electron chi connectivity index (χ2n) is 7.00. The summed E-state index contributed by atoms with van der Waals surface area (Å²) < 4.78 is 3.67. The molecule has 1 fully saturated rings. The van der Waals surface area contributed by atoms with E-state index < -0.39 is 0 Å². The fourth-order valence-corrected chi connectivity index (χ4v) is 3.64. The van der Waals surface area contributed by atoms with Crippen LogP contribution >= 0.6 is 0 Å². The van der Waals surface area contributed by atoms with E-state index in [9.17, 15) is 4.79 Å². The Morgan fingerprint density at radius 1 is 1.19 bits per heavy atom. The van der Waals surface area contributed by atoms with E-state index in [2.05, 4.69) is 20.1 Å². The topological polar surface area (TPSA) is 81.7 Å². The lowest BCUT2D eigenvalue weighted by atomic mass is 9.92. The first kappa shape index (κ1) is 17.4. The number of amides is 1. The van der Waals surface area contributed by atoms with Gasteiger partial charge in [0.25, 0.3) is 5.91 Å². The fraction of sp³-hybridized carbons (Fsp3) is 0.421. The second kappa shape index (κ2) is 6.94. The van der Waals surface area contributed by atoms with Gasteiger partial charge >= 0.3 is 0 Å². The minimum Gasteiger partial charge on any atom is -0.337 e. The van der Waals surface area contributed by atoms with E-state index in [1.165, 1.54) is 0 Å². The summed E-state index contributed by atoms with van der Waals surface area (Å²) in [6.07, 6.45) is 8.98. The van der Waals surface area contributed by atoms with E-state index in [-0.39, 0.29) is 11.8 Å². The minimum atomic E-state index is -0.0258. The zero-order chi connectivity index (χ0) is 19.0. The van der Waals surface area contributed by atoms with Gasteiger partial charge in [0, 0.05) is 51.7 Å². The molecule has 0 aromatic carbocycles. The van der Waals surface area contributed by atoms with Gasteiger partial charge in [-0.25, -0.2) is 4.98 Å². The molecule has 4 rings (SSSR count). The number of aryl methyl sites for hydroxylation is 2. The van der Waals surface area contributed by atoms with Crippen LogP contribution in [0.4, 0.5) is 0 Å². The Bertz CT molecular complexity index is 974. The Hall–Kier alpha value is -3.03. The van der Waals surface area contributed by atoms with E-state index >= 15 is 0 Å². The van der Waals surface area contributed by atoms with Crippen LogP contribution in [0.25, 0.3) is 11.4 Å². The van der Waals surface area contributed by atoms with Gasteiger partial charge in [0.2, 0.25) is 0 Å². The lowest BCUT2D eigenvalue weighted by molar-refractivity contribution is 0.0699. The van der Waals surface area contributed by atoms with Crippen LogP contribution in [0.5, 0.6) is 0 Å². The number of imidazole rings is 1. The van der Waals surface area contributed by atoms with Gasteiger partial charge in [-0.15, -0.1) is 0 Å². The molecule has 0 spiro atoms. The van der Waals surface area contributed by atoms with Crippen LogP contribution in [0.2, 0.25) is 0 Å². The summed E-state index contributed by atoms with van der Waals surface area (Å²) in [4.78, 5) is 28.3. The highest BCUT2D eigenvalue weighted by molar-refractivity contribution is 5.92. The van der Waals surface area contributed by atoms with Gasteiger partial charge in [0.15, 0.2) is 0 Å². The molecule has 140 valence electrons. The molecule has 0 bridgehead atoms. The van der Waals surface area contributed by atoms with Crippen molar-refractivity contribution in [1.82, 2.24) is 34.2 Å². The van der Waals surface area contributed by atoms with E-state index in [1.807, 2.05) is 36.7 Å². The Kier molecular flexibility index (Phi) is 4.47. The van der Waals surface area contributed by atoms with Crippen LogP contribution in [0.3, 0.4) is 0 Å². The predicted molar refractivity (Wildman–Crippen MR) is 100 cm³/mol. The van der Waals surface area contributed by atoms with Crippen molar-refractivity contribution in [1.29, 1.82) is 0 Å². The van der Waals surface area contributed by atoms with Crippen LogP contribution in [-0.2, 0) is 14.1 Å². The summed E-state index contributed by atoms with van der Waals surface area (Å²) in [6, 6.07) is 1.76. The zero-order valence-electron chi connectivity index (χ0n) is 15.8. The first-order valence-electron chi connectivity index (χ1n) is 9.13. The number of carbonyl (C=O) groups excluding carboxylic acids is 1. The summed E-state index contributed by atoms with van der Waals surface area (Å²) in [5.74, 6) is 1.05. The standard InChI is InChI=1S/C19H23N7O/c1-13-22-11-16(25(13)3)18-17(20-7-8-21-18)14-5-4-9-26(12-14)19(27)15-6-10-24(2)23-15/h6-8,10-11,14H,4-5,9,12H2,1-3H3. The molecule has 0 radical (unpaired) electrons. The Morgan fingerprint density at radius 3 is 2.70 bits per heavy atom. The number of hydrogen-bond acceptors (Lipinski definition) is 5. The van der Waals surface area contributed by atoms with Crippen molar-refractivity contribution in [3.8, 4) is 11.4 Å². The van der Waals surface area contributed by atoms with Gasteiger partial charge in [-0.3, -0.25) is 19.4 Å². The molecule has 1 atom stereocenters. The highest BCUT2D eigenvalue weighted by Crippen LogP contribution is 2.32. The number of nitrogens with zero attached hydrogens (tertiary/aromatic N) is 7. The molecule has 3 aromatic rings. The molecule has 3 aromatic heterocycles. The first-order chi connectivity index (χ1) is 13.0. The van der Waals surface area contributed by atoms with Crippen LogP contribution in [0, 0.1) is 6.92 Å². The molecule has 27 heavy (non-hydrogen) atoms. The quantitative estimate of drug-likeness (QED) is 0.708. The van der Waals surface area contributed by atoms with Gasteiger partial charge in [-0.2, -0.15) is 5.10 Å². The number of carbonyl (C=O) groups is 1. The van der Waals surface area contributed by atoms with E-state index in [4.69, 9.17) is 0 Å². The Balaban J connectivity index is 1.62. The third-order valence-electron chi connectivity index (χ3n) is 5.22. The molecule has 1 unspecified atom stereocenters. The highest BCUT2D eigenvalue weighted by atomic mass is 16.2. The maximum absolute atomic E-state index is 12.8. The third kappa shape index (κ3) is 3.22. The van der Waals surface area contributed by atoms with E-state index in [0.29, 0.717) is 12.2 Å². The molecule has 1 saturated heterocycles. The van der Waals surface area contributed by atoms with Gasteiger partial charge < -0.3 is 9.47 Å². The predicted octanol–water partition coefficient (Wildman–Crippen LogP) is 1.94. The maximum Gasteiger partial charge on any atom is 0.274 e. The van der Waals surface area contributed by atoms with Crippen molar-refractivity contribution in [3.05, 3.63) is 48.1 Å². The Labute approximate surface area is 157 Å². The lowest BCUT2D eigenvalue weighted by Crippen LogP contribution is -2.39. The molecule has 8 heteroatoms. The van der Waals surface area contributed by atoms with Crippen LogP contribution in [-0.4, -0.2) is 53.2 Å². The number of piperidine rings is 1. The molecular formula is C19H23N7O. The molecule has 0 aliphatic carbocycles. The zero-order valence-corrected chi connectivity index (χ0v) is 15.8. The van der Waals surface area contributed by atoms with Crippen molar-refractivity contribution >= 4 is 5.91 Å². The lowest BCUT2D eigenvalue weighted by Gasteiger charge is -2.32. The molecular weight excluding hydrogens is 342 g/mol. The van der Waals surface area contributed by atoms with Crippen molar-refractivity contribution in [2.24, 2.45) is 14.1 Å². The smallest absolute Gasteiger partial charge is 0.274 e. The van der Waals surface area contributed by atoms with Crippen LogP contribution in [0.15, 0.2) is 30.9 Å². The summed E-state index contributed by atoms with van der Waals surface area (Å²) >= 11 is 0. The van der Waals surface area contributed by atoms with Gasteiger partial charge in [-0.05, 0) is 25.8 Å². The number of aromatic nitrogens is 6. The molecule has 8 nitrogen and oxygen atoms in total. The monoisotopic (exact) mass is 365 g/mol. The van der Waals surface area contributed by atoms with Crippen molar-refractivity contribution < 1.29 is 4.79 Å². The SMILES string of the molecule is Cc1ncc(-c2nccnc2C2CCCN(C(=O)c3ccn(C)n3)C2)n1C. The average Bonchev–Trinajstić information content (AvgIpc) is 3.27. The summed E-state index contributed by atoms with van der Waals surface area (Å²) in [5, 5.41) is 4.25. The summed E-state index contributed by atoms with van der Waals surface area (Å²) in [6.45, 7) is 3.33. The summed E-state index contributed by atoms with van der Waals surface area (Å²) in [7, 11) is 3.80. The minimum absolute atomic E-state index is 0.0258. The van der Waals surface area contributed by atoms with E-state index in [0.717, 1.165) is 42.3 Å². The third-order valence-corrected chi connectivity index (χ3v) is 5.22. The largest absolute Gasteiger partial charge is 0.337 e. The van der Waals surface area contributed by atoms with Crippen molar-refractivity contribution in [2.75, 3.05) is 13.1 Å². The molecule has 0 N–H and O–H groups in total. The fourth-order valence-electron chi connectivity index (χ4n) is 3.64. The molecule has 1 amide bonds. The van der Waals surface area contributed by atoms with Crippen molar-refractivity contribution in [2.45, 2.75) is 25.7 Å². The van der Waals surface area contributed by atoms with Gasteiger partial charge in [-0.1, -0.05) is 0 Å². The van der Waals surface area contributed by atoms with Crippen molar-refractivity contribution in [3.63, 3.8) is 0 Å². The van der Waals surface area contributed by atoms with E-state index in [1.54, 1.807) is 29.3 Å². The van der Waals surface area contributed by atoms with Gasteiger partial charge in [0.05, 0.1) is 17.6 Å². The van der Waals surface area contributed by atoms with Crippen LogP contribution < -0.4 is 0 Å². The molecule has 1 aliphatic heterocycles. The Morgan fingerprint density at radius 2 is 2.00 bits per heavy atom. The molecule has 1 aliphatic rings.